The van der Waals surface area contributed by atoms with Crippen LogP contribution in [0.4, 0.5) is 0 Å². The predicted octanol–water partition coefficient (Wildman–Crippen LogP) is 3.06. The third kappa shape index (κ3) is 3.28. The van der Waals surface area contributed by atoms with Crippen molar-refractivity contribution in [3.05, 3.63) is 58.7 Å². The molecule has 1 amide bonds. The third-order valence-corrected chi connectivity index (χ3v) is 5.71. The van der Waals surface area contributed by atoms with Gasteiger partial charge in [0.1, 0.15) is 6.54 Å². The van der Waals surface area contributed by atoms with Gasteiger partial charge in [0, 0.05) is 31.4 Å². The maximum atomic E-state index is 12.7. The second-order valence-corrected chi connectivity index (χ2v) is 7.28. The molecule has 1 aromatic carbocycles. The van der Waals surface area contributed by atoms with Crippen LogP contribution in [0, 0.1) is 0 Å². The Morgan fingerprint density at radius 2 is 2.19 bits per heavy atom. The van der Waals surface area contributed by atoms with Crippen LogP contribution in [0.3, 0.4) is 0 Å². The molecule has 0 saturated heterocycles. The molecule has 0 spiro atoms. The number of Topliss-reactive ketones (excluding diaryl/α,β-unsaturated/α-hetero) is 1. The van der Waals surface area contributed by atoms with Gasteiger partial charge < -0.3 is 9.64 Å². The van der Waals surface area contributed by atoms with Crippen LogP contribution in [-0.4, -0.2) is 48.6 Å². The quantitative estimate of drug-likeness (QED) is 0.775. The zero-order valence-corrected chi connectivity index (χ0v) is 15.8. The molecule has 1 aliphatic carbocycles. The van der Waals surface area contributed by atoms with E-state index in [1.165, 1.54) is 0 Å². The smallest absolute Gasteiger partial charge is 0.244 e. The number of aliphatic imine (C=N–C) groups is 1. The minimum Gasteiger partial charge on any atom is -0.377 e. The monoisotopic (exact) mass is 364 g/mol. The Hall–Kier alpha value is -2.53. The van der Waals surface area contributed by atoms with Gasteiger partial charge in [0.25, 0.3) is 0 Å². The maximum absolute atomic E-state index is 12.7. The second-order valence-electron chi connectivity index (χ2n) is 7.28. The minimum absolute atomic E-state index is 0.0470. The van der Waals surface area contributed by atoms with Crippen LogP contribution in [0.25, 0.3) is 0 Å². The zero-order valence-electron chi connectivity index (χ0n) is 15.8. The minimum atomic E-state index is -0.0704. The highest BCUT2D eigenvalue weighted by molar-refractivity contribution is 6.05. The molecule has 2 atom stereocenters. The number of ether oxygens (including phenoxy) is 1. The molecule has 0 N–H and O–H groups in total. The summed E-state index contributed by atoms with van der Waals surface area (Å²) in [7, 11) is 1.71. The molecule has 2 heterocycles. The summed E-state index contributed by atoms with van der Waals surface area (Å²) in [6.45, 7) is 2.42. The number of methoxy groups -OCH3 is 1. The lowest BCUT2D eigenvalue weighted by atomic mass is 9.84. The predicted molar refractivity (Wildman–Crippen MR) is 104 cm³/mol. The highest BCUT2D eigenvalue weighted by Gasteiger charge is 2.35. The Morgan fingerprint density at radius 1 is 1.33 bits per heavy atom. The van der Waals surface area contributed by atoms with Gasteiger partial charge in [-0.1, -0.05) is 30.4 Å². The molecule has 5 nitrogen and oxygen atoms in total. The lowest BCUT2D eigenvalue weighted by Crippen LogP contribution is -2.41. The van der Waals surface area contributed by atoms with Gasteiger partial charge in [-0.25, -0.2) is 0 Å². The average Bonchev–Trinajstić information content (AvgIpc) is 2.86. The number of rotatable bonds is 3. The first kappa shape index (κ1) is 17.9. The van der Waals surface area contributed by atoms with Crippen molar-refractivity contribution in [2.45, 2.75) is 38.3 Å². The maximum Gasteiger partial charge on any atom is 0.244 e. The summed E-state index contributed by atoms with van der Waals surface area (Å²) >= 11 is 0. The van der Waals surface area contributed by atoms with Crippen LogP contribution in [-0.2, 0) is 16.0 Å². The van der Waals surface area contributed by atoms with Crippen LogP contribution in [0.5, 0.6) is 0 Å². The molecule has 27 heavy (non-hydrogen) atoms. The van der Waals surface area contributed by atoms with Crippen LogP contribution in [0.2, 0.25) is 0 Å². The first-order chi connectivity index (χ1) is 13.1. The Kier molecular flexibility index (Phi) is 4.79. The lowest BCUT2D eigenvalue weighted by Gasteiger charge is -2.37. The van der Waals surface area contributed by atoms with E-state index in [1.807, 2.05) is 17.0 Å². The number of carbonyl (C=O) groups is 2. The Balaban J connectivity index is 1.73. The topological polar surface area (TPSA) is 59.0 Å². The summed E-state index contributed by atoms with van der Waals surface area (Å²) in [4.78, 5) is 31.3. The number of allylic oxidation sites excluding steroid dienone is 2. The highest BCUT2D eigenvalue weighted by atomic mass is 16.5. The fourth-order valence-corrected chi connectivity index (χ4v) is 4.32. The third-order valence-electron chi connectivity index (χ3n) is 5.71. The van der Waals surface area contributed by atoms with E-state index in [2.05, 4.69) is 29.3 Å². The molecular weight excluding hydrogens is 340 g/mol. The molecule has 2 unspecified atom stereocenters. The van der Waals surface area contributed by atoms with E-state index in [0.29, 0.717) is 13.0 Å². The van der Waals surface area contributed by atoms with Crippen molar-refractivity contribution in [1.82, 2.24) is 4.90 Å². The summed E-state index contributed by atoms with van der Waals surface area (Å²) in [5.41, 5.74) is 4.93. The van der Waals surface area contributed by atoms with Crippen LogP contribution in [0.15, 0.2) is 47.0 Å². The van der Waals surface area contributed by atoms with Gasteiger partial charge >= 0.3 is 0 Å². The van der Waals surface area contributed by atoms with Gasteiger partial charge in [-0.3, -0.25) is 14.6 Å². The van der Waals surface area contributed by atoms with E-state index < -0.39 is 0 Å². The summed E-state index contributed by atoms with van der Waals surface area (Å²) < 4.78 is 5.47. The Morgan fingerprint density at radius 3 is 2.96 bits per heavy atom. The van der Waals surface area contributed by atoms with Gasteiger partial charge in [0.15, 0.2) is 5.78 Å². The molecule has 5 heteroatoms. The van der Waals surface area contributed by atoms with Crippen LogP contribution >= 0.6 is 0 Å². The van der Waals surface area contributed by atoms with Gasteiger partial charge in [-0.2, -0.15) is 0 Å². The molecule has 1 aromatic rings. The number of hydrogen-bond acceptors (Lipinski definition) is 4. The number of benzene rings is 1. The van der Waals surface area contributed by atoms with Crippen molar-refractivity contribution >= 4 is 17.4 Å². The van der Waals surface area contributed by atoms with Crippen LogP contribution < -0.4 is 0 Å². The second kappa shape index (κ2) is 7.24. The molecule has 2 aliphatic heterocycles. The largest absolute Gasteiger partial charge is 0.377 e. The van der Waals surface area contributed by atoms with Crippen LogP contribution in [0.1, 0.15) is 47.3 Å². The first-order valence-corrected chi connectivity index (χ1v) is 9.45. The average molecular weight is 364 g/mol. The number of amides is 1. The molecule has 0 radical (unpaired) electrons. The molecule has 0 saturated carbocycles. The van der Waals surface area contributed by atoms with Crippen molar-refractivity contribution in [2.24, 2.45) is 4.99 Å². The fourth-order valence-electron chi connectivity index (χ4n) is 4.32. The molecule has 0 bridgehead atoms. The van der Waals surface area contributed by atoms with Crippen molar-refractivity contribution in [3.8, 4) is 0 Å². The first-order valence-electron chi connectivity index (χ1n) is 9.45. The summed E-state index contributed by atoms with van der Waals surface area (Å²) in [6, 6.07) is 5.79. The Labute approximate surface area is 159 Å². The van der Waals surface area contributed by atoms with E-state index in [1.54, 1.807) is 14.0 Å². The number of hydrogen-bond donors (Lipinski definition) is 0. The zero-order chi connectivity index (χ0) is 19.0. The van der Waals surface area contributed by atoms with Gasteiger partial charge in [-0.15, -0.1) is 0 Å². The van der Waals surface area contributed by atoms with E-state index in [4.69, 9.17) is 4.74 Å². The van der Waals surface area contributed by atoms with Crippen molar-refractivity contribution in [3.63, 3.8) is 0 Å². The molecule has 0 aromatic heterocycles. The number of ketones is 1. The van der Waals surface area contributed by atoms with Crippen molar-refractivity contribution in [1.29, 1.82) is 0 Å². The van der Waals surface area contributed by atoms with Gasteiger partial charge in [-0.05, 0) is 42.5 Å². The normalized spacial score (nSPS) is 24.5. The van der Waals surface area contributed by atoms with Gasteiger partial charge in [0.05, 0.1) is 12.1 Å². The SMILES string of the molecule is COC1C=C(C2=NCC(=O)N3CCc4c(C(C)=O)cccc4C3C2)C=CC1. The molecule has 3 aliphatic rings. The fraction of sp³-hybridized carbons (Fsp3) is 0.409. The summed E-state index contributed by atoms with van der Waals surface area (Å²) in [5, 5.41) is 0. The molecular formula is C22H24N2O3. The number of carbonyl (C=O) groups excluding carboxylic acids is 2. The van der Waals surface area contributed by atoms with E-state index in [-0.39, 0.29) is 30.4 Å². The van der Waals surface area contributed by atoms with Gasteiger partial charge in [0.2, 0.25) is 5.91 Å². The molecule has 0 fully saturated rings. The van der Waals surface area contributed by atoms with E-state index >= 15 is 0 Å². The number of fused-ring (bicyclic) bond motifs is 3. The molecule has 4 rings (SSSR count). The summed E-state index contributed by atoms with van der Waals surface area (Å²) in [6.07, 6.45) is 8.54. The van der Waals surface area contributed by atoms with Crippen molar-refractivity contribution < 1.29 is 14.3 Å². The van der Waals surface area contributed by atoms with E-state index in [0.717, 1.165) is 40.8 Å². The highest BCUT2D eigenvalue weighted by Crippen LogP contribution is 2.37. The summed E-state index contributed by atoms with van der Waals surface area (Å²) in [5.74, 6) is 0.132. The number of nitrogens with zero attached hydrogens (tertiary/aromatic N) is 2. The lowest BCUT2D eigenvalue weighted by molar-refractivity contribution is -0.132. The standard InChI is InChI=1S/C22H24N2O3/c1-14(25)17-7-4-8-19-18(17)9-10-24-21(19)12-20(23-13-22(24)26)15-5-3-6-16(11-15)27-2/h3-5,7-8,11,16,21H,6,9-10,12-13H2,1-2H3. The Bertz CT molecular complexity index is 882. The molecule has 140 valence electrons. The van der Waals surface area contributed by atoms with E-state index in [9.17, 15) is 9.59 Å². The van der Waals surface area contributed by atoms with Crippen molar-refractivity contribution in [2.75, 3.05) is 20.2 Å².